The maximum Gasteiger partial charge on any atom is 0.234 e. The van der Waals surface area contributed by atoms with Crippen molar-refractivity contribution in [2.45, 2.75) is 32.6 Å². The molecule has 0 spiro atoms. The van der Waals surface area contributed by atoms with Crippen LogP contribution in [0.2, 0.25) is 0 Å². The molecule has 1 aliphatic rings. The Morgan fingerprint density at radius 3 is 2.76 bits per heavy atom. The van der Waals surface area contributed by atoms with Crippen molar-refractivity contribution in [2.75, 3.05) is 11.9 Å². The molecule has 1 heterocycles. The molecule has 1 aliphatic heterocycles. The molecule has 1 unspecified atom stereocenters. The molecular formula is C14H20N2O. The van der Waals surface area contributed by atoms with Gasteiger partial charge in [0.25, 0.3) is 0 Å². The average molecular weight is 232 g/mol. The number of anilines is 1. The monoisotopic (exact) mass is 232 g/mol. The van der Waals surface area contributed by atoms with Gasteiger partial charge in [0, 0.05) is 5.69 Å². The minimum absolute atomic E-state index is 0.0801. The molecule has 1 aromatic rings. The van der Waals surface area contributed by atoms with Crippen molar-refractivity contribution in [3.05, 3.63) is 29.3 Å². The normalized spacial score (nSPS) is 18.7. The van der Waals surface area contributed by atoms with Gasteiger partial charge in [-0.25, -0.2) is 0 Å². The first-order valence-corrected chi connectivity index (χ1v) is 6.10. The molecule has 2 rings (SSSR count). The summed E-state index contributed by atoms with van der Waals surface area (Å²) in [4.78, 5) is 11.8. The summed E-state index contributed by atoms with van der Waals surface area (Å²) in [6.07, 6.45) is 0.966. The lowest BCUT2D eigenvalue weighted by atomic mass is 9.84. The van der Waals surface area contributed by atoms with Crippen molar-refractivity contribution in [1.29, 1.82) is 0 Å². The number of fused-ring (bicyclic) bond motifs is 1. The molecule has 0 aromatic heterocycles. The zero-order valence-corrected chi connectivity index (χ0v) is 10.7. The highest BCUT2D eigenvalue weighted by atomic mass is 16.2. The molecule has 1 amide bonds. The van der Waals surface area contributed by atoms with E-state index < -0.39 is 5.41 Å². The number of rotatable bonds is 3. The van der Waals surface area contributed by atoms with E-state index in [1.165, 1.54) is 5.56 Å². The average Bonchev–Trinajstić information content (AvgIpc) is 2.51. The van der Waals surface area contributed by atoms with Crippen LogP contribution in [0.15, 0.2) is 18.2 Å². The van der Waals surface area contributed by atoms with Crippen LogP contribution in [-0.4, -0.2) is 12.5 Å². The molecule has 3 nitrogen and oxygen atoms in total. The van der Waals surface area contributed by atoms with Gasteiger partial charge in [-0.3, -0.25) is 4.79 Å². The molecule has 0 fully saturated rings. The first-order chi connectivity index (χ1) is 7.95. The summed E-state index contributed by atoms with van der Waals surface area (Å²) in [6.45, 7) is 6.76. The fourth-order valence-corrected chi connectivity index (χ4v) is 2.23. The van der Waals surface area contributed by atoms with Crippen molar-refractivity contribution in [3.8, 4) is 0 Å². The van der Waals surface area contributed by atoms with Gasteiger partial charge in [-0.05, 0) is 49.9 Å². The standard InChI is InChI=1S/C14H20N2O/c1-9(8-15)6-10-4-5-12-11(7-10)14(2,3)13(17)16-12/h4-5,7,9H,6,8,15H2,1-3H3,(H,16,17). The fraction of sp³-hybridized carbons (Fsp3) is 0.500. The van der Waals surface area contributed by atoms with Crippen LogP contribution >= 0.6 is 0 Å². The Bertz CT molecular complexity index is 452. The van der Waals surface area contributed by atoms with Crippen LogP contribution in [0, 0.1) is 5.92 Å². The predicted molar refractivity (Wildman–Crippen MR) is 70.0 cm³/mol. The molecular weight excluding hydrogens is 212 g/mol. The van der Waals surface area contributed by atoms with E-state index in [1.807, 2.05) is 19.9 Å². The lowest BCUT2D eigenvalue weighted by Crippen LogP contribution is -2.26. The minimum Gasteiger partial charge on any atom is -0.330 e. The SMILES string of the molecule is CC(CN)Cc1ccc2c(c1)C(C)(C)C(=O)N2. The van der Waals surface area contributed by atoms with Gasteiger partial charge in [0.1, 0.15) is 0 Å². The number of carbonyl (C=O) groups is 1. The van der Waals surface area contributed by atoms with E-state index in [-0.39, 0.29) is 5.91 Å². The third kappa shape index (κ3) is 2.07. The highest BCUT2D eigenvalue weighted by Gasteiger charge is 2.38. The van der Waals surface area contributed by atoms with Crippen LogP contribution in [0.5, 0.6) is 0 Å². The quantitative estimate of drug-likeness (QED) is 0.838. The number of amides is 1. The van der Waals surface area contributed by atoms with Gasteiger partial charge < -0.3 is 11.1 Å². The number of benzene rings is 1. The van der Waals surface area contributed by atoms with E-state index in [0.717, 1.165) is 17.7 Å². The molecule has 1 aromatic carbocycles. The fourth-order valence-electron chi connectivity index (χ4n) is 2.23. The van der Waals surface area contributed by atoms with E-state index >= 15 is 0 Å². The summed E-state index contributed by atoms with van der Waals surface area (Å²) in [5, 5.41) is 2.92. The van der Waals surface area contributed by atoms with Crippen LogP contribution in [0.4, 0.5) is 5.69 Å². The van der Waals surface area contributed by atoms with Crippen molar-refractivity contribution >= 4 is 11.6 Å². The lowest BCUT2D eigenvalue weighted by molar-refractivity contribution is -0.119. The summed E-state index contributed by atoms with van der Waals surface area (Å²) in [6, 6.07) is 6.21. The Balaban J connectivity index is 2.32. The van der Waals surface area contributed by atoms with Gasteiger partial charge in [0.05, 0.1) is 5.41 Å². The highest BCUT2D eigenvalue weighted by molar-refractivity contribution is 6.05. The molecule has 0 saturated heterocycles. The zero-order valence-electron chi connectivity index (χ0n) is 10.7. The molecule has 0 bridgehead atoms. The van der Waals surface area contributed by atoms with Crippen molar-refractivity contribution < 1.29 is 4.79 Å². The van der Waals surface area contributed by atoms with Gasteiger partial charge >= 0.3 is 0 Å². The van der Waals surface area contributed by atoms with Gasteiger partial charge in [-0.2, -0.15) is 0 Å². The van der Waals surface area contributed by atoms with Crippen LogP contribution in [-0.2, 0) is 16.6 Å². The summed E-state index contributed by atoms with van der Waals surface area (Å²) in [5.41, 5.74) is 8.53. The second-order valence-electron chi connectivity index (χ2n) is 5.50. The zero-order chi connectivity index (χ0) is 12.6. The molecule has 17 heavy (non-hydrogen) atoms. The molecule has 0 radical (unpaired) electrons. The molecule has 92 valence electrons. The second-order valence-corrected chi connectivity index (χ2v) is 5.50. The Labute approximate surface area is 102 Å². The minimum atomic E-state index is -0.419. The molecule has 0 saturated carbocycles. The summed E-state index contributed by atoms with van der Waals surface area (Å²) >= 11 is 0. The van der Waals surface area contributed by atoms with Crippen LogP contribution in [0.1, 0.15) is 31.9 Å². The topological polar surface area (TPSA) is 55.1 Å². The van der Waals surface area contributed by atoms with E-state index in [4.69, 9.17) is 5.73 Å². The Morgan fingerprint density at radius 1 is 1.41 bits per heavy atom. The van der Waals surface area contributed by atoms with Gasteiger partial charge in [-0.1, -0.05) is 19.1 Å². The number of nitrogens with one attached hydrogen (secondary N) is 1. The van der Waals surface area contributed by atoms with Crippen molar-refractivity contribution in [2.24, 2.45) is 11.7 Å². The van der Waals surface area contributed by atoms with Gasteiger partial charge in [-0.15, -0.1) is 0 Å². The van der Waals surface area contributed by atoms with Gasteiger partial charge in [0.15, 0.2) is 0 Å². The molecule has 3 heteroatoms. The highest BCUT2D eigenvalue weighted by Crippen LogP contribution is 2.37. The Kier molecular flexibility index (Phi) is 2.96. The maximum absolute atomic E-state index is 11.8. The second kappa shape index (κ2) is 4.15. The third-order valence-corrected chi connectivity index (χ3v) is 3.56. The molecule has 3 N–H and O–H groups in total. The van der Waals surface area contributed by atoms with Crippen molar-refractivity contribution in [3.63, 3.8) is 0 Å². The number of nitrogens with two attached hydrogens (primary N) is 1. The van der Waals surface area contributed by atoms with E-state index in [1.54, 1.807) is 0 Å². The summed E-state index contributed by atoms with van der Waals surface area (Å²) in [5.74, 6) is 0.553. The van der Waals surface area contributed by atoms with E-state index in [0.29, 0.717) is 12.5 Å². The summed E-state index contributed by atoms with van der Waals surface area (Å²) < 4.78 is 0. The van der Waals surface area contributed by atoms with Crippen LogP contribution in [0.25, 0.3) is 0 Å². The Hall–Kier alpha value is -1.35. The van der Waals surface area contributed by atoms with Crippen molar-refractivity contribution in [1.82, 2.24) is 0 Å². The molecule has 1 atom stereocenters. The van der Waals surface area contributed by atoms with Crippen LogP contribution in [0.3, 0.4) is 0 Å². The largest absolute Gasteiger partial charge is 0.330 e. The lowest BCUT2D eigenvalue weighted by Gasteiger charge is -2.16. The summed E-state index contributed by atoms with van der Waals surface area (Å²) in [7, 11) is 0. The number of hydrogen-bond donors (Lipinski definition) is 2. The Morgan fingerprint density at radius 2 is 2.12 bits per heavy atom. The first-order valence-electron chi connectivity index (χ1n) is 6.10. The van der Waals surface area contributed by atoms with Crippen LogP contribution < -0.4 is 11.1 Å². The first kappa shape index (κ1) is 12.1. The molecule has 0 aliphatic carbocycles. The van der Waals surface area contributed by atoms with Gasteiger partial charge in [0.2, 0.25) is 5.91 Å². The maximum atomic E-state index is 11.8. The smallest absolute Gasteiger partial charge is 0.234 e. The number of hydrogen-bond acceptors (Lipinski definition) is 2. The van der Waals surface area contributed by atoms with E-state index in [9.17, 15) is 4.79 Å². The van der Waals surface area contributed by atoms with E-state index in [2.05, 4.69) is 24.4 Å². The predicted octanol–water partition coefficient (Wildman–Crippen LogP) is 2.05. The third-order valence-electron chi connectivity index (χ3n) is 3.56. The number of carbonyl (C=O) groups excluding carboxylic acids is 1.